The first kappa shape index (κ1) is 18.6. The lowest BCUT2D eigenvalue weighted by atomic mass is 10.2. The van der Waals surface area contributed by atoms with Crippen molar-refractivity contribution in [1.82, 2.24) is 4.90 Å². The number of anilines is 1. The molecule has 1 aromatic rings. The van der Waals surface area contributed by atoms with E-state index in [0.717, 1.165) is 22.1 Å². The Morgan fingerprint density at radius 3 is 2.64 bits per heavy atom. The molecule has 2 amide bonds. The van der Waals surface area contributed by atoms with E-state index in [2.05, 4.69) is 21.2 Å². The standard InChI is InChI=1S/C16H23BrN2O3/c1-12-5-6-14(11-15(12)17)18-16(21)7-9-19(13(2)20)8-4-10-22-3/h5-6,11H,4,7-10H2,1-3H3,(H,18,21). The molecule has 0 aliphatic carbocycles. The van der Waals surface area contributed by atoms with E-state index in [1.807, 2.05) is 25.1 Å². The van der Waals surface area contributed by atoms with Crippen LogP contribution in [-0.4, -0.2) is 43.5 Å². The largest absolute Gasteiger partial charge is 0.385 e. The number of methoxy groups -OCH3 is 1. The third-order valence-electron chi connectivity index (χ3n) is 3.29. The maximum Gasteiger partial charge on any atom is 0.226 e. The maximum absolute atomic E-state index is 12.0. The van der Waals surface area contributed by atoms with Crippen molar-refractivity contribution in [3.63, 3.8) is 0 Å². The predicted molar refractivity (Wildman–Crippen MR) is 90.9 cm³/mol. The number of ether oxygens (including phenoxy) is 1. The topological polar surface area (TPSA) is 58.6 Å². The molecular formula is C16H23BrN2O3. The van der Waals surface area contributed by atoms with Crippen molar-refractivity contribution < 1.29 is 14.3 Å². The highest BCUT2D eigenvalue weighted by Crippen LogP contribution is 2.20. The first-order valence-corrected chi connectivity index (χ1v) is 8.03. The summed E-state index contributed by atoms with van der Waals surface area (Å²) in [5.41, 5.74) is 1.86. The van der Waals surface area contributed by atoms with Gasteiger partial charge in [0.1, 0.15) is 0 Å². The number of benzene rings is 1. The number of hydrogen-bond donors (Lipinski definition) is 1. The van der Waals surface area contributed by atoms with Gasteiger partial charge < -0.3 is 15.0 Å². The number of hydrogen-bond acceptors (Lipinski definition) is 3. The summed E-state index contributed by atoms with van der Waals surface area (Å²) in [5.74, 6) is -0.129. The van der Waals surface area contributed by atoms with Crippen molar-refractivity contribution in [2.24, 2.45) is 0 Å². The Morgan fingerprint density at radius 2 is 2.05 bits per heavy atom. The molecule has 1 rings (SSSR count). The Bertz CT molecular complexity index is 520. The van der Waals surface area contributed by atoms with Crippen molar-refractivity contribution in [3.05, 3.63) is 28.2 Å². The highest BCUT2D eigenvalue weighted by atomic mass is 79.9. The number of halogens is 1. The van der Waals surface area contributed by atoms with E-state index in [4.69, 9.17) is 4.74 Å². The average Bonchev–Trinajstić information content (AvgIpc) is 2.46. The summed E-state index contributed by atoms with van der Waals surface area (Å²) in [7, 11) is 1.63. The van der Waals surface area contributed by atoms with Crippen LogP contribution < -0.4 is 5.32 Å². The van der Waals surface area contributed by atoms with Gasteiger partial charge in [-0.15, -0.1) is 0 Å². The molecule has 0 bridgehead atoms. The van der Waals surface area contributed by atoms with Crippen molar-refractivity contribution in [2.75, 3.05) is 32.1 Å². The van der Waals surface area contributed by atoms with Gasteiger partial charge in [-0.25, -0.2) is 0 Å². The SMILES string of the molecule is COCCCN(CCC(=O)Nc1ccc(C)c(Br)c1)C(C)=O. The third kappa shape index (κ3) is 6.58. The number of carbonyl (C=O) groups is 2. The van der Waals surface area contributed by atoms with Crippen LogP contribution in [0.25, 0.3) is 0 Å². The molecule has 0 aliphatic heterocycles. The summed E-state index contributed by atoms with van der Waals surface area (Å²) in [4.78, 5) is 25.2. The molecule has 0 saturated heterocycles. The number of aryl methyl sites for hydroxylation is 1. The lowest BCUT2D eigenvalue weighted by Gasteiger charge is -2.20. The van der Waals surface area contributed by atoms with Gasteiger partial charge in [-0.1, -0.05) is 22.0 Å². The van der Waals surface area contributed by atoms with E-state index < -0.39 is 0 Å². The van der Waals surface area contributed by atoms with E-state index in [1.54, 1.807) is 12.0 Å². The summed E-state index contributed by atoms with van der Waals surface area (Å²) in [6, 6.07) is 5.67. The van der Waals surface area contributed by atoms with E-state index in [0.29, 0.717) is 19.7 Å². The molecule has 1 aromatic carbocycles. The quantitative estimate of drug-likeness (QED) is 0.715. The zero-order chi connectivity index (χ0) is 16.5. The lowest BCUT2D eigenvalue weighted by molar-refractivity contribution is -0.129. The minimum atomic E-state index is -0.103. The molecule has 0 atom stereocenters. The number of nitrogens with zero attached hydrogens (tertiary/aromatic N) is 1. The fourth-order valence-electron chi connectivity index (χ4n) is 1.96. The van der Waals surface area contributed by atoms with Crippen LogP contribution in [0.2, 0.25) is 0 Å². The summed E-state index contributed by atoms with van der Waals surface area (Å²) in [6.07, 6.45) is 1.04. The maximum atomic E-state index is 12.0. The number of rotatable bonds is 8. The van der Waals surface area contributed by atoms with Crippen LogP contribution in [0, 0.1) is 6.92 Å². The fraction of sp³-hybridized carbons (Fsp3) is 0.500. The van der Waals surface area contributed by atoms with Gasteiger partial charge >= 0.3 is 0 Å². The van der Waals surface area contributed by atoms with Gasteiger partial charge in [-0.3, -0.25) is 9.59 Å². The van der Waals surface area contributed by atoms with Crippen LogP contribution in [0.5, 0.6) is 0 Å². The van der Waals surface area contributed by atoms with Crippen molar-refractivity contribution in [3.8, 4) is 0 Å². The molecule has 0 aromatic heterocycles. The number of amides is 2. The minimum Gasteiger partial charge on any atom is -0.385 e. The Kier molecular flexibility index (Phi) is 8.12. The molecule has 0 radical (unpaired) electrons. The second-order valence-corrected chi connectivity index (χ2v) is 5.97. The van der Waals surface area contributed by atoms with Crippen LogP contribution in [0.15, 0.2) is 22.7 Å². The van der Waals surface area contributed by atoms with Crippen LogP contribution in [0.4, 0.5) is 5.69 Å². The van der Waals surface area contributed by atoms with Crippen LogP contribution in [0.1, 0.15) is 25.3 Å². The van der Waals surface area contributed by atoms with Gasteiger partial charge in [-0.2, -0.15) is 0 Å². The van der Waals surface area contributed by atoms with Crippen LogP contribution >= 0.6 is 15.9 Å². The average molecular weight is 371 g/mol. The van der Waals surface area contributed by atoms with Crippen LogP contribution in [0.3, 0.4) is 0 Å². The highest BCUT2D eigenvalue weighted by molar-refractivity contribution is 9.10. The third-order valence-corrected chi connectivity index (χ3v) is 4.14. The minimum absolute atomic E-state index is 0.0259. The van der Waals surface area contributed by atoms with Gasteiger partial charge in [0.05, 0.1) is 0 Å². The Morgan fingerprint density at radius 1 is 1.32 bits per heavy atom. The number of carbonyl (C=O) groups excluding carboxylic acids is 2. The molecule has 122 valence electrons. The molecule has 22 heavy (non-hydrogen) atoms. The molecule has 0 unspecified atom stereocenters. The van der Waals surface area contributed by atoms with Gasteiger partial charge in [0.2, 0.25) is 11.8 Å². The van der Waals surface area contributed by atoms with E-state index >= 15 is 0 Å². The van der Waals surface area contributed by atoms with Crippen molar-refractivity contribution in [2.45, 2.75) is 26.7 Å². The molecular weight excluding hydrogens is 348 g/mol. The Balaban J connectivity index is 2.45. The second kappa shape index (κ2) is 9.58. The molecule has 6 heteroatoms. The summed E-state index contributed by atoms with van der Waals surface area (Å²) in [6.45, 7) is 5.13. The van der Waals surface area contributed by atoms with Gasteiger partial charge in [0.15, 0.2) is 0 Å². The van der Waals surface area contributed by atoms with E-state index in [9.17, 15) is 9.59 Å². The first-order chi connectivity index (χ1) is 10.4. The fourth-order valence-corrected chi connectivity index (χ4v) is 2.34. The summed E-state index contributed by atoms with van der Waals surface area (Å²) >= 11 is 3.44. The predicted octanol–water partition coefficient (Wildman–Crippen LogP) is 2.97. The summed E-state index contributed by atoms with van der Waals surface area (Å²) in [5, 5.41) is 2.84. The molecule has 0 saturated carbocycles. The first-order valence-electron chi connectivity index (χ1n) is 7.24. The Labute approximate surface area is 140 Å². The van der Waals surface area contributed by atoms with Crippen molar-refractivity contribution >= 4 is 33.4 Å². The molecule has 1 N–H and O–H groups in total. The van der Waals surface area contributed by atoms with Crippen LogP contribution in [-0.2, 0) is 14.3 Å². The number of nitrogens with one attached hydrogen (secondary N) is 1. The van der Waals surface area contributed by atoms with Crippen molar-refractivity contribution in [1.29, 1.82) is 0 Å². The normalized spacial score (nSPS) is 10.4. The highest BCUT2D eigenvalue weighted by Gasteiger charge is 2.11. The lowest BCUT2D eigenvalue weighted by Crippen LogP contribution is -2.33. The smallest absolute Gasteiger partial charge is 0.226 e. The van der Waals surface area contributed by atoms with Gasteiger partial charge in [-0.05, 0) is 31.0 Å². The van der Waals surface area contributed by atoms with Gasteiger partial charge in [0, 0.05) is 50.3 Å². The molecule has 0 spiro atoms. The van der Waals surface area contributed by atoms with Gasteiger partial charge in [0.25, 0.3) is 0 Å². The van der Waals surface area contributed by atoms with E-state index in [1.165, 1.54) is 6.92 Å². The Hall–Kier alpha value is -1.40. The molecule has 0 heterocycles. The molecule has 5 nitrogen and oxygen atoms in total. The monoisotopic (exact) mass is 370 g/mol. The summed E-state index contributed by atoms with van der Waals surface area (Å²) < 4.78 is 5.93. The zero-order valence-corrected chi connectivity index (χ0v) is 14.9. The zero-order valence-electron chi connectivity index (χ0n) is 13.3. The molecule has 0 aliphatic rings. The van der Waals surface area contributed by atoms with E-state index in [-0.39, 0.29) is 18.2 Å². The molecule has 0 fully saturated rings. The second-order valence-electron chi connectivity index (χ2n) is 5.11.